The van der Waals surface area contributed by atoms with E-state index in [-0.39, 0.29) is 11.9 Å². The van der Waals surface area contributed by atoms with E-state index in [1.165, 1.54) is 14.2 Å². The summed E-state index contributed by atoms with van der Waals surface area (Å²) in [5.74, 6) is 0.491. The Hall–Kier alpha value is -2.54. The van der Waals surface area contributed by atoms with Crippen molar-refractivity contribution in [3.63, 3.8) is 0 Å². The van der Waals surface area contributed by atoms with Crippen LogP contribution >= 0.6 is 15.9 Å². The van der Waals surface area contributed by atoms with Gasteiger partial charge in [0.25, 0.3) is 5.91 Å². The first-order valence-corrected chi connectivity index (χ1v) is 9.25. The maximum Gasteiger partial charge on any atom is 0.337 e. The van der Waals surface area contributed by atoms with Crippen LogP contribution in [0, 0.1) is 0 Å². The summed E-state index contributed by atoms with van der Waals surface area (Å²) in [4.78, 5) is 23.8. The lowest BCUT2D eigenvalue weighted by Crippen LogP contribution is -2.25. The number of hydrogen-bond donors (Lipinski definition) is 1. The minimum absolute atomic E-state index is 0.205. The molecule has 0 aliphatic heterocycles. The molecule has 1 amide bonds. The summed E-state index contributed by atoms with van der Waals surface area (Å²) in [6, 6.07) is 10.4. The lowest BCUT2D eigenvalue weighted by atomic mass is 10.1. The number of rotatable bonds is 8. The second-order valence-electron chi connectivity index (χ2n) is 5.62. The van der Waals surface area contributed by atoms with Gasteiger partial charge in [-0.1, -0.05) is 12.1 Å². The van der Waals surface area contributed by atoms with Crippen LogP contribution < -0.4 is 14.8 Å². The molecular formula is C20H22BrNO5. The highest BCUT2D eigenvalue weighted by Crippen LogP contribution is 2.36. The molecule has 2 aromatic carbocycles. The molecule has 6 nitrogen and oxygen atoms in total. The van der Waals surface area contributed by atoms with Gasteiger partial charge in [-0.25, -0.2) is 4.79 Å². The van der Waals surface area contributed by atoms with Gasteiger partial charge in [-0.2, -0.15) is 0 Å². The number of carbonyl (C=O) groups excluding carboxylic acids is 2. The first kappa shape index (κ1) is 20.8. The average Bonchev–Trinajstić information content (AvgIpc) is 2.69. The number of methoxy groups -OCH3 is 2. The molecule has 0 aliphatic carbocycles. The van der Waals surface area contributed by atoms with E-state index in [0.29, 0.717) is 46.7 Å². The Balaban J connectivity index is 1.97. The molecule has 0 radical (unpaired) electrons. The summed E-state index contributed by atoms with van der Waals surface area (Å²) in [5, 5.41) is 2.88. The first-order chi connectivity index (χ1) is 13.0. The molecule has 0 bridgehead atoms. The summed E-state index contributed by atoms with van der Waals surface area (Å²) in [5.41, 5.74) is 1.98. The highest BCUT2D eigenvalue weighted by molar-refractivity contribution is 9.10. The van der Waals surface area contributed by atoms with Crippen LogP contribution in [0.4, 0.5) is 0 Å². The van der Waals surface area contributed by atoms with Crippen molar-refractivity contribution < 1.29 is 23.8 Å². The molecule has 0 spiro atoms. The van der Waals surface area contributed by atoms with Crippen LogP contribution in [0.5, 0.6) is 11.5 Å². The molecule has 0 saturated carbocycles. The van der Waals surface area contributed by atoms with E-state index in [4.69, 9.17) is 9.47 Å². The van der Waals surface area contributed by atoms with E-state index >= 15 is 0 Å². The fraction of sp³-hybridized carbons (Fsp3) is 0.300. The number of hydrogen-bond acceptors (Lipinski definition) is 5. The van der Waals surface area contributed by atoms with Crippen LogP contribution in [0.1, 0.15) is 33.2 Å². The molecule has 144 valence electrons. The van der Waals surface area contributed by atoms with Crippen LogP contribution in [0.2, 0.25) is 0 Å². The maximum atomic E-state index is 12.4. The molecule has 0 heterocycles. The van der Waals surface area contributed by atoms with Gasteiger partial charge in [0.1, 0.15) is 0 Å². The van der Waals surface area contributed by atoms with Gasteiger partial charge in [-0.15, -0.1) is 0 Å². The zero-order valence-electron chi connectivity index (χ0n) is 15.5. The normalized spacial score (nSPS) is 10.2. The van der Waals surface area contributed by atoms with Crippen molar-refractivity contribution in [2.24, 2.45) is 0 Å². The molecule has 2 aromatic rings. The van der Waals surface area contributed by atoms with Crippen molar-refractivity contribution in [2.75, 3.05) is 27.4 Å². The molecular weight excluding hydrogens is 414 g/mol. The van der Waals surface area contributed by atoms with Crippen molar-refractivity contribution in [1.29, 1.82) is 0 Å². The van der Waals surface area contributed by atoms with Crippen LogP contribution in [0.25, 0.3) is 0 Å². The third-order valence-corrected chi connectivity index (χ3v) is 4.44. The smallest absolute Gasteiger partial charge is 0.337 e. The van der Waals surface area contributed by atoms with E-state index in [1.54, 1.807) is 24.3 Å². The summed E-state index contributed by atoms with van der Waals surface area (Å²) < 4.78 is 16.2. The number of amides is 1. The minimum Gasteiger partial charge on any atom is -0.493 e. The molecule has 0 saturated heterocycles. The Morgan fingerprint density at radius 3 is 2.37 bits per heavy atom. The van der Waals surface area contributed by atoms with E-state index < -0.39 is 0 Å². The Morgan fingerprint density at radius 2 is 1.78 bits per heavy atom. The van der Waals surface area contributed by atoms with Gasteiger partial charge in [-0.05, 0) is 59.1 Å². The van der Waals surface area contributed by atoms with Crippen LogP contribution in [-0.2, 0) is 11.2 Å². The fourth-order valence-corrected chi connectivity index (χ4v) is 3.04. The van der Waals surface area contributed by atoms with E-state index in [2.05, 4.69) is 26.0 Å². The zero-order valence-corrected chi connectivity index (χ0v) is 17.1. The van der Waals surface area contributed by atoms with Crippen molar-refractivity contribution in [3.05, 3.63) is 57.6 Å². The second kappa shape index (κ2) is 9.97. The molecule has 0 atom stereocenters. The van der Waals surface area contributed by atoms with Gasteiger partial charge in [0.2, 0.25) is 0 Å². The predicted octanol–water partition coefficient (Wildman–Crippen LogP) is 3.62. The van der Waals surface area contributed by atoms with Gasteiger partial charge >= 0.3 is 5.97 Å². The fourth-order valence-electron chi connectivity index (χ4n) is 2.48. The lowest BCUT2D eigenvalue weighted by Gasteiger charge is -2.13. The van der Waals surface area contributed by atoms with E-state index in [1.807, 2.05) is 19.1 Å². The van der Waals surface area contributed by atoms with Gasteiger partial charge < -0.3 is 19.5 Å². The third-order valence-electron chi connectivity index (χ3n) is 3.85. The molecule has 1 N–H and O–H groups in total. The van der Waals surface area contributed by atoms with Gasteiger partial charge in [0.05, 0.1) is 30.9 Å². The quantitative estimate of drug-likeness (QED) is 0.640. The van der Waals surface area contributed by atoms with Gasteiger partial charge in [-0.3, -0.25) is 4.79 Å². The first-order valence-electron chi connectivity index (χ1n) is 8.46. The molecule has 0 unspecified atom stereocenters. The highest BCUT2D eigenvalue weighted by Gasteiger charge is 2.15. The Kier molecular flexibility index (Phi) is 7.67. The topological polar surface area (TPSA) is 73.9 Å². The minimum atomic E-state index is -0.370. The third kappa shape index (κ3) is 5.47. The predicted molar refractivity (Wildman–Crippen MR) is 106 cm³/mol. The second-order valence-corrected chi connectivity index (χ2v) is 6.47. The van der Waals surface area contributed by atoms with Crippen LogP contribution in [0.15, 0.2) is 40.9 Å². The Bertz CT molecular complexity index is 805. The zero-order chi connectivity index (χ0) is 19.8. The Labute approximate surface area is 166 Å². The molecule has 7 heteroatoms. The summed E-state index contributed by atoms with van der Waals surface area (Å²) in [6.45, 7) is 2.84. The van der Waals surface area contributed by atoms with Gasteiger partial charge in [0.15, 0.2) is 11.5 Å². The van der Waals surface area contributed by atoms with Crippen molar-refractivity contribution >= 4 is 27.8 Å². The summed E-state index contributed by atoms with van der Waals surface area (Å²) >= 11 is 3.41. The summed E-state index contributed by atoms with van der Waals surface area (Å²) in [6.07, 6.45) is 0.641. The number of halogens is 1. The number of esters is 1. The van der Waals surface area contributed by atoms with E-state index in [9.17, 15) is 9.59 Å². The van der Waals surface area contributed by atoms with Crippen LogP contribution in [0.3, 0.4) is 0 Å². The number of ether oxygens (including phenoxy) is 3. The van der Waals surface area contributed by atoms with Gasteiger partial charge in [0, 0.05) is 12.1 Å². The highest BCUT2D eigenvalue weighted by atomic mass is 79.9. The number of nitrogens with one attached hydrogen (secondary N) is 1. The summed E-state index contributed by atoms with van der Waals surface area (Å²) in [7, 11) is 2.88. The molecule has 0 aromatic heterocycles. The van der Waals surface area contributed by atoms with Crippen LogP contribution in [-0.4, -0.2) is 39.2 Å². The Morgan fingerprint density at radius 1 is 1.07 bits per heavy atom. The lowest BCUT2D eigenvalue weighted by molar-refractivity contribution is 0.0600. The molecule has 0 fully saturated rings. The number of benzene rings is 2. The molecule has 0 aliphatic rings. The number of carbonyl (C=O) groups is 2. The average molecular weight is 436 g/mol. The van der Waals surface area contributed by atoms with Crippen molar-refractivity contribution in [1.82, 2.24) is 5.32 Å². The van der Waals surface area contributed by atoms with Crippen molar-refractivity contribution in [2.45, 2.75) is 13.3 Å². The molecule has 2 rings (SSSR count). The maximum absolute atomic E-state index is 12.4. The molecule has 27 heavy (non-hydrogen) atoms. The monoisotopic (exact) mass is 435 g/mol. The SMILES string of the molecule is CCOc1c(Br)cc(C(=O)NCCc2ccc(C(=O)OC)cc2)cc1OC. The van der Waals surface area contributed by atoms with Crippen molar-refractivity contribution in [3.8, 4) is 11.5 Å². The van der Waals surface area contributed by atoms with E-state index in [0.717, 1.165) is 5.56 Å². The standard InChI is InChI=1S/C20H22BrNO5/c1-4-27-18-16(21)11-15(12-17(18)25-2)19(23)22-10-9-13-5-7-14(8-6-13)20(24)26-3/h5-8,11-12H,4,9-10H2,1-3H3,(H,22,23). The largest absolute Gasteiger partial charge is 0.493 e.